The number of urea groups is 1. The lowest BCUT2D eigenvalue weighted by Crippen LogP contribution is -2.30. The highest BCUT2D eigenvalue weighted by Gasteiger charge is 2.22. The van der Waals surface area contributed by atoms with Gasteiger partial charge in [0.25, 0.3) is 5.91 Å². The topological polar surface area (TPSA) is 91.9 Å². The number of methoxy groups -OCH3 is 2. The third-order valence-corrected chi connectivity index (χ3v) is 6.25. The summed E-state index contributed by atoms with van der Waals surface area (Å²) in [6.07, 6.45) is 2.18. The van der Waals surface area contributed by atoms with Crippen molar-refractivity contribution in [2.75, 3.05) is 42.8 Å². The lowest BCUT2D eigenvalue weighted by Gasteiger charge is -2.23. The van der Waals surface area contributed by atoms with E-state index in [-0.39, 0.29) is 11.9 Å². The Bertz CT molecular complexity index is 1210. The summed E-state index contributed by atoms with van der Waals surface area (Å²) in [4.78, 5) is 28.4. The Morgan fingerprint density at radius 2 is 1.64 bits per heavy atom. The fourth-order valence-electron chi connectivity index (χ4n) is 4.32. The predicted molar refractivity (Wildman–Crippen MR) is 142 cm³/mol. The fraction of sp³-hybridized carbons (Fsp3) is 0.286. The van der Waals surface area contributed by atoms with Crippen molar-refractivity contribution in [1.29, 1.82) is 0 Å². The normalized spacial score (nSPS) is 13.6. The van der Waals surface area contributed by atoms with Crippen LogP contribution in [-0.4, -0.2) is 39.2 Å². The van der Waals surface area contributed by atoms with Crippen molar-refractivity contribution in [2.45, 2.75) is 25.8 Å². The van der Waals surface area contributed by atoms with E-state index in [1.54, 1.807) is 31.4 Å². The number of rotatable bonds is 8. The molecule has 1 fully saturated rings. The molecule has 0 aromatic heterocycles. The number of carbonyl (C=O) groups excluding carboxylic acids is 2. The molecule has 188 valence electrons. The molecule has 3 N–H and O–H groups in total. The average molecular weight is 489 g/mol. The second kappa shape index (κ2) is 11.5. The van der Waals surface area contributed by atoms with E-state index in [4.69, 9.17) is 9.47 Å². The summed E-state index contributed by atoms with van der Waals surface area (Å²) >= 11 is 0. The number of hydrogen-bond donors (Lipinski definition) is 3. The molecule has 8 heteroatoms. The Balaban J connectivity index is 1.53. The van der Waals surface area contributed by atoms with Crippen LogP contribution in [0.1, 0.15) is 41.7 Å². The second-order valence-corrected chi connectivity index (χ2v) is 8.68. The summed E-state index contributed by atoms with van der Waals surface area (Å²) in [5, 5.41) is 8.73. The minimum atomic E-state index is -0.448. The van der Waals surface area contributed by atoms with E-state index in [9.17, 15) is 9.59 Å². The van der Waals surface area contributed by atoms with Gasteiger partial charge in [0, 0.05) is 30.5 Å². The molecule has 8 nitrogen and oxygen atoms in total. The number of nitrogens with zero attached hydrogens (tertiary/aromatic N) is 1. The monoisotopic (exact) mass is 488 g/mol. The number of benzene rings is 3. The summed E-state index contributed by atoms with van der Waals surface area (Å²) in [6, 6.07) is 19.8. The minimum absolute atomic E-state index is 0.160. The zero-order valence-electron chi connectivity index (χ0n) is 20.8. The van der Waals surface area contributed by atoms with Gasteiger partial charge in [0.05, 0.1) is 31.5 Å². The third kappa shape index (κ3) is 5.89. The van der Waals surface area contributed by atoms with Crippen LogP contribution in [0.2, 0.25) is 0 Å². The first-order valence-electron chi connectivity index (χ1n) is 12.0. The van der Waals surface area contributed by atoms with Gasteiger partial charge in [0.1, 0.15) is 11.5 Å². The van der Waals surface area contributed by atoms with Crippen molar-refractivity contribution in [3.8, 4) is 11.5 Å². The second-order valence-electron chi connectivity index (χ2n) is 8.68. The maximum absolute atomic E-state index is 13.4. The van der Waals surface area contributed by atoms with Gasteiger partial charge < -0.3 is 30.3 Å². The van der Waals surface area contributed by atoms with Gasteiger partial charge in [-0.3, -0.25) is 4.79 Å². The lowest BCUT2D eigenvalue weighted by atomic mass is 10.1. The van der Waals surface area contributed by atoms with E-state index in [1.807, 2.05) is 49.4 Å². The van der Waals surface area contributed by atoms with Crippen LogP contribution in [0.3, 0.4) is 0 Å². The zero-order valence-corrected chi connectivity index (χ0v) is 20.8. The maximum atomic E-state index is 13.4. The Morgan fingerprint density at radius 3 is 2.33 bits per heavy atom. The van der Waals surface area contributed by atoms with Crippen molar-refractivity contribution < 1.29 is 19.1 Å². The quantitative estimate of drug-likeness (QED) is 0.393. The lowest BCUT2D eigenvalue weighted by molar-refractivity contribution is 0.0940. The summed E-state index contributed by atoms with van der Waals surface area (Å²) in [5.41, 5.74) is 3.43. The SMILES string of the molecule is COc1ccc(NC(=O)Nc2ccc(N3CCCC3)c(C(=O)NC(C)c3ccccc3)c2)c(OC)c1. The molecule has 3 aromatic carbocycles. The van der Waals surface area contributed by atoms with Crippen LogP contribution in [0.25, 0.3) is 0 Å². The number of carbonyl (C=O) groups is 2. The van der Waals surface area contributed by atoms with E-state index in [0.717, 1.165) is 37.2 Å². The van der Waals surface area contributed by atoms with Gasteiger partial charge in [-0.05, 0) is 55.7 Å². The average Bonchev–Trinajstić information content (AvgIpc) is 3.44. The number of hydrogen-bond acceptors (Lipinski definition) is 5. The Morgan fingerprint density at radius 1 is 0.889 bits per heavy atom. The van der Waals surface area contributed by atoms with Gasteiger partial charge in [0.2, 0.25) is 0 Å². The highest BCUT2D eigenvalue weighted by molar-refractivity contribution is 6.04. The molecule has 3 aromatic rings. The molecule has 0 aliphatic carbocycles. The van der Waals surface area contributed by atoms with E-state index in [2.05, 4.69) is 20.9 Å². The first-order valence-corrected chi connectivity index (χ1v) is 12.0. The van der Waals surface area contributed by atoms with Crippen molar-refractivity contribution in [3.05, 3.63) is 77.9 Å². The van der Waals surface area contributed by atoms with Gasteiger partial charge in [0.15, 0.2) is 0 Å². The standard InChI is InChI=1S/C28H32N4O4/c1-19(20-9-5-4-6-10-20)29-27(33)23-17-21(11-14-25(23)32-15-7-8-16-32)30-28(34)31-24-13-12-22(35-2)18-26(24)36-3/h4-6,9-14,17-19H,7-8,15-16H2,1-3H3,(H,29,33)(H2,30,31,34). The number of amides is 3. The first kappa shape index (κ1) is 24.9. The Hall–Kier alpha value is -4.20. The summed E-state index contributed by atoms with van der Waals surface area (Å²) in [6.45, 7) is 3.76. The zero-order chi connectivity index (χ0) is 25.5. The van der Waals surface area contributed by atoms with Crippen LogP contribution in [0.4, 0.5) is 21.9 Å². The highest BCUT2D eigenvalue weighted by Crippen LogP contribution is 2.30. The first-order chi connectivity index (χ1) is 17.5. The summed E-state index contributed by atoms with van der Waals surface area (Å²) < 4.78 is 10.6. The molecule has 36 heavy (non-hydrogen) atoms. The molecule has 1 aliphatic rings. The van der Waals surface area contributed by atoms with E-state index in [1.165, 1.54) is 7.11 Å². The molecule has 4 rings (SSSR count). The van der Waals surface area contributed by atoms with Gasteiger partial charge in [-0.2, -0.15) is 0 Å². The van der Waals surface area contributed by atoms with Crippen LogP contribution < -0.4 is 30.3 Å². The Kier molecular flexibility index (Phi) is 7.95. The molecule has 0 spiro atoms. The maximum Gasteiger partial charge on any atom is 0.323 e. The van der Waals surface area contributed by atoms with E-state index < -0.39 is 6.03 Å². The van der Waals surface area contributed by atoms with E-state index >= 15 is 0 Å². The number of nitrogens with one attached hydrogen (secondary N) is 3. The van der Waals surface area contributed by atoms with Gasteiger partial charge in [-0.1, -0.05) is 30.3 Å². The molecule has 1 atom stereocenters. The molecule has 1 unspecified atom stereocenters. The molecule has 0 saturated carbocycles. The molecule has 0 bridgehead atoms. The molecule has 0 radical (unpaired) electrons. The highest BCUT2D eigenvalue weighted by atomic mass is 16.5. The predicted octanol–water partition coefficient (Wildman–Crippen LogP) is 5.44. The van der Waals surface area contributed by atoms with Crippen LogP contribution in [-0.2, 0) is 0 Å². The van der Waals surface area contributed by atoms with Gasteiger partial charge in [-0.15, -0.1) is 0 Å². The molecular weight excluding hydrogens is 456 g/mol. The Labute approximate surface area is 211 Å². The molecular formula is C28H32N4O4. The van der Waals surface area contributed by atoms with Crippen LogP contribution in [0.15, 0.2) is 66.7 Å². The van der Waals surface area contributed by atoms with E-state index in [0.29, 0.717) is 28.4 Å². The van der Waals surface area contributed by atoms with Crippen molar-refractivity contribution in [1.82, 2.24) is 5.32 Å². The van der Waals surface area contributed by atoms with Crippen LogP contribution in [0.5, 0.6) is 11.5 Å². The number of anilines is 3. The summed E-state index contributed by atoms with van der Waals surface area (Å²) in [5.74, 6) is 0.911. The van der Waals surface area contributed by atoms with Crippen molar-refractivity contribution in [3.63, 3.8) is 0 Å². The molecule has 1 saturated heterocycles. The number of ether oxygens (including phenoxy) is 2. The van der Waals surface area contributed by atoms with Gasteiger partial charge in [-0.25, -0.2) is 4.79 Å². The van der Waals surface area contributed by atoms with Crippen LogP contribution in [0, 0.1) is 0 Å². The fourth-order valence-corrected chi connectivity index (χ4v) is 4.32. The van der Waals surface area contributed by atoms with Crippen molar-refractivity contribution in [2.24, 2.45) is 0 Å². The summed E-state index contributed by atoms with van der Waals surface area (Å²) in [7, 11) is 3.09. The van der Waals surface area contributed by atoms with Crippen molar-refractivity contribution >= 4 is 29.0 Å². The minimum Gasteiger partial charge on any atom is -0.497 e. The smallest absolute Gasteiger partial charge is 0.323 e. The molecule has 1 heterocycles. The third-order valence-electron chi connectivity index (χ3n) is 6.25. The molecule has 3 amide bonds. The largest absolute Gasteiger partial charge is 0.497 e. The van der Waals surface area contributed by atoms with Crippen LogP contribution >= 0.6 is 0 Å². The molecule has 1 aliphatic heterocycles. The van der Waals surface area contributed by atoms with Gasteiger partial charge >= 0.3 is 6.03 Å².